The van der Waals surface area contributed by atoms with Gasteiger partial charge < -0.3 is 5.32 Å². The Labute approximate surface area is 109 Å². The Bertz CT molecular complexity index is 374. The van der Waals surface area contributed by atoms with Crippen LogP contribution in [0.1, 0.15) is 42.9 Å². The van der Waals surface area contributed by atoms with Crippen LogP contribution in [0, 0.1) is 23.7 Å². The van der Waals surface area contributed by atoms with E-state index >= 15 is 0 Å². The number of nitriles is 1. The third-order valence-electron chi connectivity index (χ3n) is 2.80. The van der Waals surface area contributed by atoms with Gasteiger partial charge in [-0.2, -0.15) is 5.26 Å². The molecule has 0 aromatic carbocycles. The van der Waals surface area contributed by atoms with Crippen molar-refractivity contribution in [2.24, 2.45) is 5.41 Å². The fourth-order valence-corrected chi connectivity index (χ4v) is 2.52. The van der Waals surface area contributed by atoms with Gasteiger partial charge in [0.25, 0.3) is 0 Å². The van der Waals surface area contributed by atoms with E-state index in [2.05, 4.69) is 30.4 Å². The van der Waals surface area contributed by atoms with Crippen LogP contribution < -0.4 is 5.32 Å². The molecule has 0 fully saturated rings. The lowest BCUT2D eigenvalue weighted by Crippen LogP contribution is -2.15. The van der Waals surface area contributed by atoms with Crippen molar-refractivity contribution in [2.75, 3.05) is 6.54 Å². The lowest BCUT2D eigenvalue weighted by atomic mass is 9.89. The Hall–Kier alpha value is -0.850. The van der Waals surface area contributed by atoms with Gasteiger partial charge in [0, 0.05) is 16.3 Å². The van der Waals surface area contributed by atoms with Crippen molar-refractivity contribution in [2.45, 2.75) is 46.6 Å². The summed E-state index contributed by atoms with van der Waals surface area (Å²) in [4.78, 5) is 2.78. The van der Waals surface area contributed by atoms with Gasteiger partial charge >= 0.3 is 0 Å². The maximum Gasteiger partial charge on any atom is 0.0683 e. The van der Waals surface area contributed by atoms with Crippen molar-refractivity contribution in [3.63, 3.8) is 0 Å². The Balaban J connectivity index is 2.04. The molecule has 1 aromatic rings. The zero-order valence-electron chi connectivity index (χ0n) is 11.0. The minimum Gasteiger partial charge on any atom is -0.312 e. The molecule has 0 atom stereocenters. The molecule has 1 aromatic heterocycles. The van der Waals surface area contributed by atoms with Gasteiger partial charge in [-0.05, 0) is 52.3 Å². The minimum absolute atomic E-state index is 0.162. The molecule has 2 nitrogen and oxygen atoms in total. The summed E-state index contributed by atoms with van der Waals surface area (Å²) >= 11 is 1.85. The van der Waals surface area contributed by atoms with E-state index in [0.29, 0.717) is 0 Å². The number of nitrogens with one attached hydrogen (secondary N) is 1. The van der Waals surface area contributed by atoms with Crippen LogP contribution in [0.25, 0.3) is 0 Å². The summed E-state index contributed by atoms with van der Waals surface area (Å²) < 4.78 is 0. The second kappa shape index (κ2) is 6.78. The highest BCUT2D eigenvalue weighted by atomic mass is 32.1. The van der Waals surface area contributed by atoms with E-state index in [4.69, 9.17) is 5.26 Å². The first-order valence-electron chi connectivity index (χ1n) is 6.21. The largest absolute Gasteiger partial charge is 0.312 e. The molecule has 94 valence electrons. The van der Waals surface area contributed by atoms with Crippen LogP contribution in [0.4, 0.5) is 0 Å². The normalized spacial score (nSPS) is 11.4. The highest BCUT2D eigenvalue weighted by Crippen LogP contribution is 2.21. The van der Waals surface area contributed by atoms with E-state index in [-0.39, 0.29) is 5.41 Å². The number of rotatable bonds is 7. The summed E-state index contributed by atoms with van der Waals surface area (Å²) in [5.41, 5.74) is -0.162. The molecule has 0 unspecified atom stereocenters. The highest BCUT2D eigenvalue weighted by Gasteiger charge is 2.15. The quantitative estimate of drug-likeness (QED) is 0.746. The molecule has 17 heavy (non-hydrogen) atoms. The van der Waals surface area contributed by atoms with Crippen molar-refractivity contribution >= 4 is 11.3 Å². The number of aryl methyl sites for hydroxylation is 1. The van der Waals surface area contributed by atoms with Gasteiger partial charge in [0.05, 0.1) is 11.5 Å². The average molecular weight is 250 g/mol. The topological polar surface area (TPSA) is 35.8 Å². The lowest BCUT2D eigenvalue weighted by Gasteiger charge is -2.14. The van der Waals surface area contributed by atoms with Crippen LogP contribution in [0.15, 0.2) is 12.1 Å². The van der Waals surface area contributed by atoms with Crippen molar-refractivity contribution < 1.29 is 0 Å². The Kier molecular flexibility index (Phi) is 5.67. The van der Waals surface area contributed by atoms with Crippen LogP contribution in [-0.4, -0.2) is 6.54 Å². The molecule has 0 spiro atoms. The number of hydrogen-bond acceptors (Lipinski definition) is 3. The minimum atomic E-state index is -0.162. The molecule has 0 bridgehead atoms. The molecule has 0 aliphatic rings. The maximum absolute atomic E-state index is 8.88. The molecule has 0 amide bonds. The van der Waals surface area contributed by atoms with Crippen LogP contribution >= 0.6 is 11.3 Å². The number of hydrogen-bond donors (Lipinski definition) is 1. The number of nitrogens with zero attached hydrogens (tertiary/aromatic N) is 1. The zero-order chi connectivity index (χ0) is 12.7. The van der Waals surface area contributed by atoms with E-state index in [1.165, 1.54) is 9.75 Å². The first-order valence-corrected chi connectivity index (χ1v) is 7.02. The summed E-state index contributed by atoms with van der Waals surface area (Å²) in [5.74, 6) is 0. The molecule has 1 N–H and O–H groups in total. The summed E-state index contributed by atoms with van der Waals surface area (Å²) in [7, 11) is 0. The molecule has 1 heterocycles. The smallest absolute Gasteiger partial charge is 0.0683 e. The van der Waals surface area contributed by atoms with E-state index in [0.717, 1.165) is 32.4 Å². The van der Waals surface area contributed by atoms with Gasteiger partial charge in [0.1, 0.15) is 0 Å². The SMILES string of the molecule is Cc1ccc(CNCCCCC(C)(C)C#N)s1. The third-order valence-corrected chi connectivity index (χ3v) is 3.80. The first-order chi connectivity index (χ1) is 8.03. The van der Waals surface area contributed by atoms with Crippen molar-refractivity contribution in [3.8, 4) is 6.07 Å². The standard InChI is InChI=1S/C14H22N2S/c1-12-6-7-13(17-12)10-16-9-5-4-8-14(2,3)11-15/h6-7,16H,4-5,8-10H2,1-3H3. The van der Waals surface area contributed by atoms with Gasteiger partial charge in [-0.3, -0.25) is 0 Å². The van der Waals surface area contributed by atoms with Crippen molar-refractivity contribution in [1.82, 2.24) is 5.32 Å². The summed E-state index contributed by atoms with van der Waals surface area (Å²) in [6, 6.07) is 6.69. The first kappa shape index (κ1) is 14.2. The van der Waals surface area contributed by atoms with E-state index in [9.17, 15) is 0 Å². The van der Waals surface area contributed by atoms with Crippen LogP contribution in [-0.2, 0) is 6.54 Å². The fourth-order valence-electron chi connectivity index (χ4n) is 1.66. The van der Waals surface area contributed by atoms with Gasteiger partial charge in [0.2, 0.25) is 0 Å². The summed E-state index contributed by atoms with van der Waals surface area (Å²) in [6.07, 6.45) is 3.26. The predicted octanol–water partition coefficient (Wildman–Crippen LogP) is 3.87. The van der Waals surface area contributed by atoms with Gasteiger partial charge in [-0.25, -0.2) is 0 Å². The van der Waals surface area contributed by atoms with Crippen LogP contribution in [0.3, 0.4) is 0 Å². The highest BCUT2D eigenvalue weighted by molar-refractivity contribution is 7.11. The lowest BCUT2D eigenvalue weighted by molar-refractivity contribution is 0.422. The number of unbranched alkanes of at least 4 members (excludes halogenated alkanes) is 1. The molecule has 0 radical (unpaired) electrons. The summed E-state index contributed by atoms with van der Waals surface area (Å²) in [6.45, 7) is 8.17. The monoisotopic (exact) mass is 250 g/mol. The van der Waals surface area contributed by atoms with E-state index < -0.39 is 0 Å². The predicted molar refractivity (Wildman–Crippen MR) is 74.0 cm³/mol. The van der Waals surface area contributed by atoms with E-state index in [1.807, 2.05) is 25.2 Å². The fraction of sp³-hybridized carbons (Fsp3) is 0.643. The molecule has 0 aliphatic heterocycles. The Morgan fingerprint density at radius 1 is 1.35 bits per heavy atom. The van der Waals surface area contributed by atoms with Gasteiger partial charge in [0.15, 0.2) is 0 Å². The Morgan fingerprint density at radius 3 is 2.71 bits per heavy atom. The molecule has 0 aliphatic carbocycles. The third kappa shape index (κ3) is 5.86. The van der Waals surface area contributed by atoms with Gasteiger partial charge in [-0.1, -0.05) is 6.42 Å². The maximum atomic E-state index is 8.88. The molecule has 3 heteroatoms. The van der Waals surface area contributed by atoms with Crippen molar-refractivity contribution in [1.29, 1.82) is 5.26 Å². The molecular weight excluding hydrogens is 228 g/mol. The summed E-state index contributed by atoms with van der Waals surface area (Å²) in [5, 5.41) is 12.3. The molecule has 0 saturated carbocycles. The molecular formula is C14H22N2S. The molecule has 1 rings (SSSR count). The zero-order valence-corrected chi connectivity index (χ0v) is 11.9. The second-order valence-electron chi connectivity index (χ2n) is 5.14. The van der Waals surface area contributed by atoms with E-state index in [1.54, 1.807) is 0 Å². The average Bonchev–Trinajstić information content (AvgIpc) is 2.69. The molecule has 0 saturated heterocycles. The van der Waals surface area contributed by atoms with Gasteiger partial charge in [-0.15, -0.1) is 11.3 Å². The van der Waals surface area contributed by atoms with Crippen molar-refractivity contribution in [3.05, 3.63) is 21.9 Å². The van der Waals surface area contributed by atoms with Crippen LogP contribution in [0.2, 0.25) is 0 Å². The van der Waals surface area contributed by atoms with Crippen LogP contribution in [0.5, 0.6) is 0 Å². The number of thiophene rings is 1. The second-order valence-corrected chi connectivity index (χ2v) is 6.51. The Morgan fingerprint density at radius 2 is 2.12 bits per heavy atom.